The summed E-state index contributed by atoms with van der Waals surface area (Å²) in [4.78, 5) is 8.50. The average Bonchev–Trinajstić information content (AvgIpc) is 2.68. The summed E-state index contributed by atoms with van der Waals surface area (Å²) >= 11 is 0. The van der Waals surface area contributed by atoms with Crippen molar-refractivity contribution in [3.05, 3.63) is 36.0 Å². The smallest absolute Gasteiger partial charge is 0.312 e. The van der Waals surface area contributed by atoms with Crippen LogP contribution in [0.4, 0.5) is 0 Å². The molecule has 0 saturated carbocycles. The first-order valence-electron chi connectivity index (χ1n) is 5.76. The van der Waals surface area contributed by atoms with Gasteiger partial charge in [0.25, 0.3) is 0 Å². The first-order valence-corrected chi connectivity index (χ1v) is 5.76. The standard InChI is InChI=1S/C14H16N2O2/c1-14(2,3)15-9-11-13(17)18-12(16-11)10-7-5-4-6-8-10/h4-9,17H,1-3H3. The average molecular weight is 244 g/mol. The Bertz CT molecular complexity index is 551. The number of aromatic hydroxyl groups is 1. The van der Waals surface area contributed by atoms with Gasteiger partial charge in [0.05, 0.1) is 11.8 Å². The second-order valence-corrected chi connectivity index (χ2v) is 5.00. The third-order valence-electron chi connectivity index (χ3n) is 2.23. The van der Waals surface area contributed by atoms with Gasteiger partial charge in [-0.3, -0.25) is 4.99 Å². The van der Waals surface area contributed by atoms with E-state index in [-0.39, 0.29) is 11.5 Å². The Balaban J connectivity index is 2.31. The molecule has 0 fully saturated rings. The maximum atomic E-state index is 9.67. The predicted molar refractivity (Wildman–Crippen MR) is 71.0 cm³/mol. The first kappa shape index (κ1) is 12.4. The van der Waals surface area contributed by atoms with Crippen molar-refractivity contribution in [3.63, 3.8) is 0 Å². The predicted octanol–water partition coefficient (Wildman–Crippen LogP) is 3.26. The lowest BCUT2D eigenvalue weighted by Crippen LogP contribution is -2.09. The molecule has 0 amide bonds. The van der Waals surface area contributed by atoms with Gasteiger partial charge >= 0.3 is 5.95 Å². The lowest BCUT2D eigenvalue weighted by atomic mass is 10.1. The lowest BCUT2D eigenvalue weighted by molar-refractivity contribution is 0.337. The zero-order chi connectivity index (χ0) is 13.2. The highest BCUT2D eigenvalue weighted by Gasteiger charge is 2.13. The van der Waals surface area contributed by atoms with E-state index < -0.39 is 0 Å². The van der Waals surface area contributed by atoms with Crippen LogP contribution in [0.3, 0.4) is 0 Å². The Labute approximate surface area is 106 Å². The molecule has 0 aliphatic carbocycles. The largest absolute Gasteiger partial charge is 0.479 e. The van der Waals surface area contributed by atoms with Crippen LogP contribution in [-0.2, 0) is 0 Å². The van der Waals surface area contributed by atoms with Crippen LogP contribution >= 0.6 is 0 Å². The van der Waals surface area contributed by atoms with Gasteiger partial charge in [0.15, 0.2) is 5.69 Å². The van der Waals surface area contributed by atoms with Crippen molar-refractivity contribution in [2.75, 3.05) is 0 Å². The molecule has 4 heteroatoms. The van der Waals surface area contributed by atoms with Crippen LogP contribution in [0.15, 0.2) is 39.7 Å². The zero-order valence-corrected chi connectivity index (χ0v) is 10.7. The van der Waals surface area contributed by atoms with E-state index in [0.29, 0.717) is 11.6 Å². The van der Waals surface area contributed by atoms with Crippen molar-refractivity contribution >= 4 is 6.21 Å². The number of aromatic nitrogens is 1. The van der Waals surface area contributed by atoms with E-state index in [2.05, 4.69) is 9.98 Å². The Kier molecular flexibility index (Phi) is 3.19. The van der Waals surface area contributed by atoms with Crippen molar-refractivity contribution in [2.45, 2.75) is 26.3 Å². The van der Waals surface area contributed by atoms with E-state index in [9.17, 15) is 5.11 Å². The fraction of sp³-hybridized carbons (Fsp3) is 0.286. The Hall–Kier alpha value is -2.10. The maximum Gasteiger partial charge on any atom is 0.312 e. The molecule has 2 rings (SSSR count). The molecule has 0 aliphatic rings. The monoisotopic (exact) mass is 244 g/mol. The van der Waals surface area contributed by atoms with Gasteiger partial charge in [0, 0.05) is 5.56 Å². The molecule has 2 aromatic rings. The van der Waals surface area contributed by atoms with Crippen molar-refractivity contribution in [1.29, 1.82) is 0 Å². The summed E-state index contributed by atoms with van der Waals surface area (Å²) in [5.74, 6) is 0.185. The highest BCUT2D eigenvalue weighted by molar-refractivity contribution is 5.81. The number of rotatable bonds is 2. The van der Waals surface area contributed by atoms with Crippen LogP contribution in [0.5, 0.6) is 5.95 Å². The van der Waals surface area contributed by atoms with Crippen LogP contribution < -0.4 is 0 Å². The number of hydrogen-bond acceptors (Lipinski definition) is 4. The molecule has 4 nitrogen and oxygen atoms in total. The molecule has 0 spiro atoms. The first-order chi connectivity index (χ1) is 8.46. The Morgan fingerprint density at radius 2 is 1.89 bits per heavy atom. The molecule has 1 aromatic carbocycles. The fourth-order valence-electron chi connectivity index (χ4n) is 1.37. The maximum absolute atomic E-state index is 9.67. The molecule has 0 aliphatic heterocycles. The van der Waals surface area contributed by atoms with Gasteiger partial charge in [-0.25, -0.2) is 4.98 Å². The van der Waals surface area contributed by atoms with E-state index in [1.807, 2.05) is 51.1 Å². The van der Waals surface area contributed by atoms with E-state index in [1.54, 1.807) is 0 Å². The minimum atomic E-state index is -0.210. The number of nitrogens with zero attached hydrogens (tertiary/aromatic N) is 2. The van der Waals surface area contributed by atoms with Gasteiger partial charge in [-0.1, -0.05) is 18.2 Å². The second-order valence-electron chi connectivity index (χ2n) is 5.00. The Morgan fingerprint density at radius 3 is 2.50 bits per heavy atom. The number of aliphatic imine (C=N–C) groups is 1. The molecule has 0 saturated heterocycles. The van der Waals surface area contributed by atoms with Crippen molar-refractivity contribution in [2.24, 2.45) is 4.99 Å². The van der Waals surface area contributed by atoms with Gasteiger partial charge in [0.2, 0.25) is 5.89 Å². The van der Waals surface area contributed by atoms with E-state index in [4.69, 9.17) is 4.42 Å². The summed E-state index contributed by atoms with van der Waals surface area (Å²) in [5.41, 5.74) is 0.963. The van der Waals surface area contributed by atoms with Gasteiger partial charge in [-0.2, -0.15) is 0 Å². The van der Waals surface area contributed by atoms with Crippen molar-refractivity contribution in [3.8, 4) is 17.4 Å². The third kappa shape index (κ3) is 2.97. The molecule has 0 bridgehead atoms. The summed E-state index contributed by atoms with van der Waals surface area (Å²) in [6.07, 6.45) is 1.53. The van der Waals surface area contributed by atoms with Crippen molar-refractivity contribution < 1.29 is 9.52 Å². The highest BCUT2D eigenvalue weighted by atomic mass is 16.5. The molecule has 18 heavy (non-hydrogen) atoms. The van der Waals surface area contributed by atoms with Gasteiger partial charge < -0.3 is 9.52 Å². The summed E-state index contributed by atoms with van der Waals surface area (Å²) in [7, 11) is 0. The summed E-state index contributed by atoms with van der Waals surface area (Å²) < 4.78 is 5.22. The van der Waals surface area contributed by atoms with Gasteiger partial charge in [-0.05, 0) is 32.9 Å². The molecule has 0 unspecified atom stereocenters. The number of oxazole rings is 1. The molecular formula is C14H16N2O2. The lowest BCUT2D eigenvalue weighted by Gasteiger charge is -2.09. The third-order valence-corrected chi connectivity index (χ3v) is 2.23. The van der Waals surface area contributed by atoms with Crippen LogP contribution in [-0.4, -0.2) is 21.8 Å². The van der Waals surface area contributed by atoms with E-state index >= 15 is 0 Å². The molecule has 1 aromatic heterocycles. The minimum Gasteiger partial charge on any atom is -0.479 e. The second kappa shape index (κ2) is 4.64. The van der Waals surface area contributed by atoms with Crippen LogP contribution in [0.25, 0.3) is 11.5 Å². The molecule has 94 valence electrons. The molecule has 0 atom stereocenters. The van der Waals surface area contributed by atoms with Crippen LogP contribution in [0.2, 0.25) is 0 Å². The van der Waals surface area contributed by atoms with Gasteiger partial charge in [0.1, 0.15) is 0 Å². The van der Waals surface area contributed by atoms with E-state index in [0.717, 1.165) is 5.56 Å². The quantitative estimate of drug-likeness (QED) is 0.825. The van der Waals surface area contributed by atoms with E-state index in [1.165, 1.54) is 6.21 Å². The van der Waals surface area contributed by atoms with Gasteiger partial charge in [-0.15, -0.1) is 0 Å². The van der Waals surface area contributed by atoms with Crippen LogP contribution in [0.1, 0.15) is 26.5 Å². The van der Waals surface area contributed by atoms with Crippen molar-refractivity contribution in [1.82, 2.24) is 4.98 Å². The SMILES string of the molecule is CC(C)(C)N=Cc1nc(-c2ccccc2)oc1O. The molecule has 0 radical (unpaired) electrons. The highest BCUT2D eigenvalue weighted by Crippen LogP contribution is 2.25. The number of hydrogen-bond donors (Lipinski definition) is 1. The summed E-state index contributed by atoms with van der Waals surface area (Å²) in [6.45, 7) is 5.91. The number of benzene rings is 1. The Morgan fingerprint density at radius 1 is 1.22 bits per heavy atom. The normalized spacial score (nSPS) is 12.2. The summed E-state index contributed by atoms with van der Waals surface area (Å²) in [6, 6.07) is 9.43. The van der Waals surface area contributed by atoms with Crippen LogP contribution in [0, 0.1) is 0 Å². The molecular weight excluding hydrogens is 228 g/mol. The topological polar surface area (TPSA) is 58.6 Å². The zero-order valence-electron chi connectivity index (χ0n) is 10.7. The fourth-order valence-corrected chi connectivity index (χ4v) is 1.37. The molecule has 1 heterocycles. The minimum absolute atomic E-state index is 0.207. The molecule has 1 N–H and O–H groups in total. The summed E-state index contributed by atoms with van der Waals surface area (Å²) in [5, 5.41) is 9.67.